The van der Waals surface area contributed by atoms with Crippen LogP contribution in [0.2, 0.25) is 0 Å². The quantitative estimate of drug-likeness (QED) is 0.679. The van der Waals surface area contributed by atoms with E-state index in [-0.39, 0.29) is 17.4 Å². The van der Waals surface area contributed by atoms with E-state index >= 15 is 0 Å². The van der Waals surface area contributed by atoms with Gasteiger partial charge in [-0.3, -0.25) is 14.4 Å². The molecule has 3 atom stereocenters. The van der Waals surface area contributed by atoms with Crippen LogP contribution in [0.4, 0.5) is 10.6 Å². The highest BCUT2D eigenvalue weighted by molar-refractivity contribution is 9.10. The molecule has 2 amide bonds. The van der Waals surface area contributed by atoms with Gasteiger partial charge >= 0.3 is 6.09 Å². The molecule has 1 saturated heterocycles. The summed E-state index contributed by atoms with van der Waals surface area (Å²) in [5, 5.41) is 7.21. The highest BCUT2D eigenvalue weighted by Gasteiger charge is 2.68. The molecule has 2 aromatic heterocycles. The van der Waals surface area contributed by atoms with Crippen molar-refractivity contribution in [2.75, 3.05) is 5.32 Å². The molecule has 160 valence electrons. The Morgan fingerprint density at radius 1 is 1.33 bits per heavy atom. The molecule has 1 N–H and O–H groups in total. The maximum atomic E-state index is 13.2. The fourth-order valence-corrected chi connectivity index (χ4v) is 4.52. The molecule has 2 aromatic rings. The normalized spacial score (nSPS) is 25.0. The van der Waals surface area contributed by atoms with Gasteiger partial charge in [0.05, 0.1) is 0 Å². The highest BCUT2D eigenvalue weighted by atomic mass is 79.9. The molecule has 0 spiro atoms. The number of piperidine rings is 1. The number of nitrogens with one attached hydrogen (secondary N) is 1. The number of aryl methyl sites for hydroxylation is 1. The van der Waals surface area contributed by atoms with Crippen molar-refractivity contribution in [2.24, 2.45) is 5.41 Å². The van der Waals surface area contributed by atoms with Crippen LogP contribution >= 0.6 is 15.9 Å². The number of rotatable bonds is 4. The molecular weight excluding hydrogens is 450 g/mol. The fourth-order valence-electron chi connectivity index (χ4n) is 4.21. The molecule has 1 unspecified atom stereocenters. The second-order valence-electron chi connectivity index (χ2n) is 9.18. The van der Waals surface area contributed by atoms with Crippen LogP contribution in [0, 0.1) is 12.3 Å². The van der Waals surface area contributed by atoms with E-state index in [1.54, 1.807) is 11.1 Å². The van der Waals surface area contributed by atoms with E-state index in [1.165, 1.54) is 0 Å². The van der Waals surface area contributed by atoms with E-state index in [2.05, 4.69) is 31.3 Å². The minimum absolute atomic E-state index is 0.0381. The summed E-state index contributed by atoms with van der Waals surface area (Å²) >= 11 is 3.34. The number of halogens is 1. The molecule has 8 nitrogen and oxygen atoms in total. The molecule has 30 heavy (non-hydrogen) atoms. The number of hydrogen-bond donors (Lipinski definition) is 1. The summed E-state index contributed by atoms with van der Waals surface area (Å²) in [4.78, 5) is 32.2. The average Bonchev–Trinajstić information content (AvgIpc) is 2.99. The van der Waals surface area contributed by atoms with Gasteiger partial charge in [-0.15, -0.1) is 0 Å². The van der Waals surface area contributed by atoms with Crippen molar-refractivity contribution in [3.05, 3.63) is 40.8 Å². The number of fused-ring (bicyclic) bond motifs is 1. The summed E-state index contributed by atoms with van der Waals surface area (Å²) in [5.41, 5.74) is 0.0534. The molecule has 2 aliphatic rings. The molecule has 1 aliphatic carbocycles. The maximum Gasteiger partial charge on any atom is 0.411 e. The molecule has 0 bridgehead atoms. The van der Waals surface area contributed by atoms with Crippen LogP contribution in [-0.2, 0) is 16.1 Å². The SMILES string of the molecule is Cc1ccc(Br)nc1NC(=O)C1C[C@@]2(Cn3cccn3)C[C@H]2N1C(=O)OC(C)(C)C. The smallest absolute Gasteiger partial charge is 0.411 e. The van der Waals surface area contributed by atoms with Gasteiger partial charge in [0.2, 0.25) is 5.91 Å². The molecular formula is C21H26BrN5O3. The third kappa shape index (κ3) is 4.08. The van der Waals surface area contributed by atoms with Crippen LogP contribution < -0.4 is 5.32 Å². The molecule has 9 heteroatoms. The van der Waals surface area contributed by atoms with Crippen LogP contribution in [-0.4, -0.2) is 49.3 Å². The number of carbonyl (C=O) groups excluding carboxylic acids is 2. The van der Waals surface area contributed by atoms with Crippen LogP contribution in [0.15, 0.2) is 35.2 Å². The first-order valence-corrected chi connectivity index (χ1v) is 10.8. The number of likely N-dealkylation sites (tertiary alicyclic amines) is 1. The number of carbonyl (C=O) groups is 2. The first-order valence-electron chi connectivity index (χ1n) is 10.0. The third-order valence-electron chi connectivity index (χ3n) is 5.67. The Morgan fingerprint density at radius 3 is 2.77 bits per heavy atom. The summed E-state index contributed by atoms with van der Waals surface area (Å²) in [6.07, 6.45) is 4.59. The summed E-state index contributed by atoms with van der Waals surface area (Å²) in [6.45, 7) is 8.03. The first-order chi connectivity index (χ1) is 14.1. The minimum atomic E-state index is -0.636. The number of aromatic nitrogens is 3. The Hall–Kier alpha value is -2.42. The summed E-state index contributed by atoms with van der Waals surface area (Å²) in [6, 6.07) is 4.92. The van der Waals surface area contributed by atoms with Gasteiger partial charge in [0.15, 0.2) is 0 Å². The van der Waals surface area contributed by atoms with Crippen LogP contribution in [0.5, 0.6) is 0 Å². The Morgan fingerprint density at radius 2 is 2.10 bits per heavy atom. The molecule has 2 fully saturated rings. The van der Waals surface area contributed by atoms with Crippen molar-refractivity contribution in [1.82, 2.24) is 19.7 Å². The highest BCUT2D eigenvalue weighted by Crippen LogP contribution is 2.60. The van der Waals surface area contributed by atoms with Crippen LogP contribution in [0.3, 0.4) is 0 Å². The number of amides is 2. The maximum absolute atomic E-state index is 13.2. The van der Waals surface area contributed by atoms with Crippen molar-refractivity contribution in [1.29, 1.82) is 0 Å². The van der Waals surface area contributed by atoms with E-state index < -0.39 is 17.7 Å². The number of hydrogen-bond acceptors (Lipinski definition) is 5. The monoisotopic (exact) mass is 475 g/mol. The standard InChI is InChI=1S/C21H26BrN5O3/c1-13-6-7-16(22)24-17(13)25-18(28)14-10-21(12-26-9-5-8-23-26)11-15(21)27(14)19(29)30-20(2,3)4/h5-9,14-15H,10-12H2,1-4H3,(H,24,25,28)/t14?,15-,21+/m1/s1. The van der Waals surface area contributed by atoms with Crippen molar-refractivity contribution in [3.63, 3.8) is 0 Å². The summed E-state index contributed by atoms with van der Waals surface area (Å²) in [7, 11) is 0. The van der Waals surface area contributed by atoms with E-state index in [0.29, 0.717) is 23.4 Å². The Balaban J connectivity index is 1.58. The molecule has 0 radical (unpaired) electrons. The van der Waals surface area contributed by atoms with Crippen molar-refractivity contribution in [2.45, 2.75) is 64.8 Å². The van der Waals surface area contributed by atoms with Gasteiger partial charge in [0.1, 0.15) is 22.1 Å². The average molecular weight is 476 g/mol. The lowest BCUT2D eigenvalue weighted by Crippen LogP contribution is -2.47. The fraction of sp³-hybridized carbons (Fsp3) is 0.524. The molecule has 3 heterocycles. The summed E-state index contributed by atoms with van der Waals surface area (Å²) in [5.74, 6) is 0.238. The minimum Gasteiger partial charge on any atom is -0.444 e. The van der Waals surface area contributed by atoms with Gasteiger partial charge in [-0.2, -0.15) is 5.10 Å². The topological polar surface area (TPSA) is 89.4 Å². The second-order valence-corrected chi connectivity index (χ2v) is 9.99. The van der Waals surface area contributed by atoms with Crippen LogP contribution in [0.25, 0.3) is 0 Å². The Labute approximate surface area is 184 Å². The van der Waals surface area contributed by atoms with Gasteiger partial charge in [0.25, 0.3) is 0 Å². The van der Waals surface area contributed by atoms with E-state index in [1.807, 2.05) is 56.8 Å². The number of anilines is 1. The predicted octanol–water partition coefficient (Wildman–Crippen LogP) is 3.76. The van der Waals surface area contributed by atoms with Gasteiger partial charge in [-0.25, -0.2) is 9.78 Å². The zero-order valence-corrected chi connectivity index (χ0v) is 19.1. The molecule has 0 aromatic carbocycles. The van der Waals surface area contributed by atoms with E-state index in [4.69, 9.17) is 4.74 Å². The second kappa shape index (κ2) is 7.37. The van der Waals surface area contributed by atoms with Gasteiger partial charge in [-0.1, -0.05) is 6.07 Å². The zero-order valence-electron chi connectivity index (χ0n) is 17.6. The predicted molar refractivity (Wildman–Crippen MR) is 115 cm³/mol. The first kappa shape index (κ1) is 20.8. The lowest BCUT2D eigenvalue weighted by molar-refractivity contribution is -0.121. The molecule has 1 aliphatic heterocycles. The number of pyridine rings is 1. The molecule has 4 rings (SSSR count). The zero-order chi connectivity index (χ0) is 21.7. The Bertz CT molecular complexity index is 972. The number of nitrogens with zero attached hydrogens (tertiary/aromatic N) is 4. The lowest BCUT2D eigenvalue weighted by Gasteiger charge is -2.29. The van der Waals surface area contributed by atoms with E-state index in [0.717, 1.165) is 12.0 Å². The number of ether oxygens (including phenoxy) is 1. The largest absolute Gasteiger partial charge is 0.444 e. The lowest BCUT2D eigenvalue weighted by atomic mass is 9.99. The van der Waals surface area contributed by atoms with Crippen molar-refractivity contribution in [3.8, 4) is 0 Å². The van der Waals surface area contributed by atoms with Crippen molar-refractivity contribution < 1.29 is 14.3 Å². The third-order valence-corrected chi connectivity index (χ3v) is 6.11. The van der Waals surface area contributed by atoms with Gasteiger partial charge in [0, 0.05) is 30.4 Å². The Kier molecular flexibility index (Phi) is 5.12. The van der Waals surface area contributed by atoms with Crippen molar-refractivity contribution >= 4 is 33.7 Å². The van der Waals surface area contributed by atoms with Gasteiger partial charge in [-0.05, 0) is 74.2 Å². The summed E-state index contributed by atoms with van der Waals surface area (Å²) < 4.78 is 8.14. The van der Waals surface area contributed by atoms with E-state index in [9.17, 15) is 9.59 Å². The van der Waals surface area contributed by atoms with Gasteiger partial charge < -0.3 is 10.1 Å². The molecule has 1 saturated carbocycles. The van der Waals surface area contributed by atoms with Crippen LogP contribution in [0.1, 0.15) is 39.2 Å².